The molecule has 1 rings (SSSR count). The maximum Gasteiger partial charge on any atom is 0.0323 e. The summed E-state index contributed by atoms with van der Waals surface area (Å²) in [6, 6.07) is 7.17. The number of rotatable bonds is 6. The predicted molar refractivity (Wildman–Crippen MR) is 79.4 cm³/mol. The van der Waals surface area contributed by atoms with Gasteiger partial charge in [0.15, 0.2) is 0 Å². The molecule has 0 radical (unpaired) electrons. The van der Waals surface area contributed by atoms with Crippen LogP contribution in [0.25, 0.3) is 0 Å². The molecule has 0 heterocycles. The zero-order chi connectivity index (χ0) is 12.8. The lowest BCUT2D eigenvalue weighted by molar-refractivity contribution is 0.430. The van der Waals surface area contributed by atoms with Crippen molar-refractivity contribution >= 4 is 15.9 Å². The second-order valence-corrected chi connectivity index (χ2v) is 6.11. The molecule has 1 aromatic rings. The lowest BCUT2D eigenvalue weighted by Crippen LogP contribution is -2.23. The Kier molecular flexibility index (Phi) is 6.21. The van der Waals surface area contributed by atoms with Gasteiger partial charge in [-0.25, -0.2) is 0 Å². The summed E-state index contributed by atoms with van der Waals surface area (Å²) >= 11 is 3.59. The van der Waals surface area contributed by atoms with Crippen LogP contribution in [0.2, 0.25) is 0 Å². The van der Waals surface area contributed by atoms with Crippen LogP contribution in [-0.4, -0.2) is 6.54 Å². The summed E-state index contributed by atoms with van der Waals surface area (Å²) in [5.74, 6) is 0.712. The molecule has 2 heteroatoms. The molecule has 1 atom stereocenters. The molecule has 96 valence electrons. The molecular formula is C15H24BrN. The van der Waals surface area contributed by atoms with E-state index >= 15 is 0 Å². The van der Waals surface area contributed by atoms with Gasteiger partial charge in [0.1, 0.15) is 0 Å². The van der Waals surface area contributed by atoms with Gasteiger partial charge in [-0.2, -0.15) is 0 Å². The van der Waals surface area contributed by atoms with Gasteiger partial charge in [0.05, 0.1) is 0 Å². The largest absolute Gasteiger partial charge is 0.310 e. The van der Waals surface area contributed by atoms with Gasteiger partial charge in [-0.15, -0.1) is 0 Å². The van der Waals surface area contributed by atoms with Gasteiger partial charge in [0.25, 0.3) is 0 Å². The van der Waals surface area contributed by atoms with Crippen LogP contribution in [0, 0.1) is 12.8 Å². The van der Waals surface area contributed by atoms with Crippen LogP contribution in [-0.2, 0) is 0 Å². The van der Waals surface area contributed by atoms with E-state index < -0.39 is 0 Å². The highest BCUT2D eigenvalue weighted by Crippen LogP contribution is 2.25. The fourth-order valence-electron chi connectivity index (χ4n) is 2.09. The fourth-order valence-corrected chi connectivity index (χ4v) is 2.72. The number of aryl methyl sites for hydroxylation is 1. The van der Waals surface area contributed by atoms with Crippen molar-refractivity contribution in [2.45, 2.75) is 46.6 Å². The summed E-state index contributed by atoms with van der Waals surface area (Å²) in [6.45, 7) is 10.0. The first-order chi connectivity index (χ1) is 8.02. The molecule has 0 amide bonds. The zero-order valence-corrected chi connectivity index (χ0v) is 13.0. The van der Waals surface area contributed by atoms with Gasteiger partial charge in [-0.05, 0) is 55.5 Å². The summed E-state index contributed by atoms with van der Waals surface area (Å²) in [6.07, 6.45) is 2.37. The van der Waals surface area contributed by atoms with Crippen molar-refractivity contribution in [2.75, 3.05) is 6.54 Å². The van der Waals surface area contributed by atoms with Gasteiger partial charge in [0, 0.05) is 10.5 Å². The normalized spacial score (nSPS) is 13.1. The molecule has 17 heavy (non-hydrogen) atoms. The quantitative estimate of drug-likeness (QED) is 0.792. The molecule has 0 aromatic heterocycles. The van der Waals surface area contributed by atoms with E-state index in [0.717, 1.165) is 6.54 Å². The van der Waals surface area contributed by atoms with Crippen molar-refractivity contribution in [2.24, 2.45) is 5.92 Å². The molecule has 0 bridgehead atoms. The van der Waals surface area contributed by atoms with E-state index in [0.29, 0.717) is 12.0 Å². The van der Waals surface area contributed by atoms with Gasteiger partial charge < -0.3 is 5.32 Å². The molecule has 0 aliphatic rings. The Labute approximate surface area is 114 Å². The van der Waals surface area contributed by atoms with Crippen LogP contribution in [0.15, 0.2) is 22.7 Å². The maximum atomic E-state index is 3.65. The number of benzene rings is 1. The van der Waals surface area contributed by atoms with E-state index in [2.05, 4.69) is 67.1 Å². The minimum absolute atomic E-state index is 0.478. The minimum atomic E-state index is 0.478. The number of hydrogen-bond donors (Lipinski definition) is 1. The van der Waals surface area contributed by atoms with E-state index in [9.17, 15) is 0 Å². The summed E-state index contributed by atoms with van der Waals surface area (Å²) in [5.41, 5.74) is 2.72. The molecule has 0 saturated carbocycles. The second-order valence-electron chi connectivity index (χ2n) is 5.20. The van der Waals surface area contributed by atoms with Gasteiger partial charge >= 0.3 is 0 Å². The van der Waals surface area contributed by atoms with Crippen molar-refractivity contribution in [3.63, 3.8) is 0 Å². The monoisotopic (exact) mass is 297 g/mol. The molecule has 0 aliphatic heterocycles. The Morgan fingerprint density at radius 1 is 1.24 bits per heavy atom. The Morgan fingerprint density at radius 3 is 2.47 bits per heavy atom. The average molecular weight is 298 g/mol. The molecule has 0 spiro atoms. The van der Waals surface area contributed by atoms with Crippen molar-refractivity contribution in [1.29, 1.82) is 0 Å². The molecule has 0 aliphatic carbocycles. The first-order valence-corrected chi connectivity index (χ1v) is 7.32. The summed E-state index contributed by atoms with van der Waals surface area (Å²) in [7, 11) is 0. The molecule has 0 saturated heterocycles. The fraction of sp³-hybridized carbons (Fsp3) is 0.600. The van der Waals surface area contributed by atoms with Crippen LogP contribution in [0.5, 0.6) is 0 Å². The molecule has 1 nitrogen and oxygen atoms in total. The summed E-state index contributed by atoms with van der Waals surface area (Å²) in [4.78, 5) is 0. The highest BCUT2D eigenvalue weighted by atomic mass is 79.9. The lowest BCUT2D eigenvalue weighted by Gasteiger charge is -2.21. The van der Waals surface area contributed by atoms with E-state index in [4.69, 9.17) is 0 Å². The highest BCUT2D eigenvalue weighted by Gasteiger charge is 2.13. The SMILES string of the molecule is CCCNC(CC(C)C)c1cc(C)cc(Br)c1. The summed E-state index contributed by atoms with van der Waals surface area (Å²) < 4.78 is 1.18. The molecular weight excluding hydrogens is 274 g/mol. The molecule has 1 unspecified atom stereocenters. The van der Waals surface area contributed by atoms with E-state index in [1.807, 2.05) is 0 Å². The standard InChI is InChI=1S/C15H24BrN/c1-5-6-17-15(7-11(2)3)13-8-12(4)9-14(16)10-13/h8-11,15,17H,5-7H2,1-4H3. The Bertz CT molecular complexity index is 327. The Balaban J connectivity index is 2.86. The highest BCUT2D eigenvalue weighted by molar-refractivity contribution is 9.10. The Hall–Kier alpha value is -0.340. The van der Waals surface area contributed by atoms with Gasteiger partial charge in [-0.3, -0.25) is 0 Å². The summed E-state index contributed by atoms with van der Waals surface area (Å²) in [5, 5.41) is 3.65. The number of hydrogen-bond acceptors (Lipinski definition) is 1. The van der Waals surface area contributed by atoms with E-state index in [1.54, 1.807) is 0 Å². The first-order valence-electron chi connectivity index (χ1n) is 6.53. The van der Waals surface area contributed by atoms with Crippen molar-refractivity contribution in [1.82, 2.24) is 5.32 Å². The maximum absolute atomic E-state index is 3.65. The van der Waals surface area contributed by atoms with Crippen LogP contribution >= 0.6 is 15.9 Å². The predicted octanol–water partition coefficient (Wildman–Crippen LogP) is 4.84. The van der Waals surface area contributed by atoms with Gasteiger partial charge in [0.2, 0.25) is 0 Å². The first kappa shape index (κ1) is 14.7. The van der Waals surface area contributed by atoms with Crippen LogP contribution < -0.4 is 5.32 Å². The van der Waals surface area contributed by atoms with Crippen molar-refractivity contribution in [3.8, 4) is 0 Å². The topological polar surface area (TPSA) is 12.0 Å². The third-order valence-electron chi connectivity index (χ3n) is 2.81. The minimum Gasteiger partial charge on any atom is -0.310 e. The van der Waals surface area contributed by atoms with E-state index in [1.165, 1.54) is 28.4 Å². The Morgan fingerprint density at radius 2 is 1.94 bits per heavy atom. The van der Waals surface area contributed by atoms with Crippen LogP contribution in [0.3, 0.4) is 0 Å². The molecule has 1 aromatic carbocycles. The molecule has 0 fully saturated rings. The third kappa shape index (κ3) is 5.22. The smallest absolute Gasteiger partial charge is 0.0323 e. The third-order valence-corrected chi connectivity index (χ3v) is 3.27. The number of halogens is 1. The van der Waals surface area contributed by atoms with Crippen LogP contribution in [0.4, 0.5) is 0 Å². The molecule has 1 N–H and O–H groups in total. The van der Waals surface area contributed by atoms with Crippen molar-refractivity contribution < 1.29 is 0 Å². The van der Waals surface area contributed by atoms with Crippen LogP contribution in [0.1, 0.15) is 50.8 Å². The van der Waals surface area contributed by atoms with Crippen molar-refractivity contribution in [3.05, 3.63) is 33.8 Å². The second kappa shape index (κ2) is 7.17. The van der Waals surface area contributed by atoms with Gasteiger partial charge in [-0.1, -0.05) is 42.8 Å². The van der Waals surface area contributed by atoms with E-state index in [-0.39, 0.29) is 0 Å². The average Bonchev–Trinajstić information content (AvgIpc) is 2.22. The lowest BCUT2D eigenvalue weighted by atomic mass is 9.96. The zero-order valence-electron chi connectivity index (χ0n) is 11.4. The number of nitrogens with one attached hydrogen (secondary N) is 1.